The Morgan fingerprint density at radius 3 is 1.25 bits per heavy atom. The Morgan fingerprint density at radius 2 is 1.25 bits per heavy atom. The lowest BCUT2D eigenvalue weighted by molar-refractivity contribution is 0.590. The Kier molecular flexibility index (Phi) is 1.87. The minimum absolute atomic E-state index is 4.06. The highest BCUT2D eigenvalue weighted by Crippen LogP contribution is 2.00. The molecule has 0 rings (SSSR count). The lowest BCUT2D eigenvalue weighted by Gasteiger charge is -1.84. The van der Waals surface area contributed by atoms with Gasteiger partial charge in [-0.2, -0.15) is 16.8 Å². The Hall–Kier alpha value is 0.150. The first-order valence-corrected chi connectivity index (χ1v) is 5.60. The van der Waals surface area contributed by atoms with Gasteiger partial charge in [0.25, 0.3) is 0 Å². The van der Waals surface area contributed by atoms with Crippen LogP contribution in [0.25, 0.3) is 0 Å². The molecule has 0 aromatic rings. The van der Waals surface area contributed by atoms with Crippen LogP contribution in [0.1, 0.15) is 0 Å². The third-order valence-electron chi connectivity index (χ3n) is 0.277. The molecule has 8 heavy (non-hydrogen) atoms. The van der Waals surface area contributed by atoms with Gasteiger partial charge in [-0.25, -0.2) is 5.14 Å². The van der Waals surface area contributed by atoms with Crippen LogP contribution < -0.4 is 5.14 Å². The van der Waals surface area contributed by atoms with Crippen LogP contribution in [0.4, 0.5) is 0 Å². The molecule has 0 fully saturated rings. The van der Waals surface area contributed by atoms with E-state index in [1.165, 1.54) is 0 Å². The van der Waals surface area contributed by atoms with E-state index in [2.05, 4.69) is 15.8 Å². The largest absolute Gasteiger partial charge is 0.351 e. The van der Waals surface area contributed by atoms with E-state index in [1.807, 2.05) is 0 Å². The van der Waals surface area contributed by atoms with Crippen molar-refractivity contribution in [1.29, 1.82) is 0 Å². The molecule has 50 valence electrons. The van der Waals surface area contributed by atoms with Crippen molar-refractivity contribution in [2.24, 2.45) is 5.14 Å². The standard InChI is InChI=1S/ClH2NO4S2/c1-7(3,4)8(2,5)6/h(H2,2,5,6). The molecule has 0 unspecified atom stereocenters. The topological polar surface area (TPSA) is 94.3 Å². The quantitative estimate of drug-likeness (QED) is 0.402. The van der Waals surface area contributed by atoms with Crippen molar-refractivity contribution in [3.05, 3.63) is 0 Å². The van der Waals surface area contributed by atoms with Crippen LogP contribution in [-0.2, 0) is 17.1 Å². The maximum Gasteiger partial charge on any atom is 0.351 e. The molecule has 0 saturated heterocycles. The van der Waals surface area contributed by atoms with Gasteiger partial charge in [-0.1, -0.05) is 0 Å². The molecular formula is H2ClNO4S2. The fraction of sp³-hybridized carbons (Fsp3) is 0. The fourth-order valence-electron chi connectivity index (χ4n) is 0. The monoisotopic (exact) mass is 179 g/mol. The van der Waals surface area contributed by atoms with Crippen molar-refractivity contribution in [1.82, 2.24) is 0 Å². The molecular weight excluding hydrogens is 178 g/mol. The van der Waals surface area contributed by atoms with Gasteiger partial charge in [0.1, 0.15) is 0 Å². The third-order valence-corrected chi connectivity index (χ3v) is 4.08. The van der Waals surface area contributed by atoms with E-state index in [1.54, 1.807) is 0 Å². The van der Waals surface area contributed by atoms with Gasteiger partial charge in [0.05, 0.1) is 0 Å². The number of nitrogens with two attached hydrogens (primary N) is 1. The average Bonchev–Trinajstić information content (AvgIpc) is 1.25. The SMILES string of the molecule is NS(=O)(=O)S(=O)(=O)Cl. The van der Waals surface area contributed by atoms with Gasteiger partial charge in [-0.3, -0.25) is 0 Å². The van der Waals surface area contributed by atoms with Crippen LogP contribution in [0, 0.1) is 0 Å². The molecule has 0 heterocycles. The van der Waals surface area contributed by atoms with Crippen molar-refractivity contribution in [2.75, 3.05) is 0 Å². The summed E-state index contributed by atoms with van der Waals surface area (Å²) in [6, 6.07) is 0. The molecule has 0 saturated carbocycles. The van der Waals surface area contributed by atoms with Crippen LogP contribution in [0.2, 0.25) is 0 Å². The molecule has 0 atom stereocenters. The van der Waals surface area contributed by atoms with Gasteiger partial charge >= 0.3 is 17.1 Å². The highest BCUT2D eigenvalue weighted by atomic mass is 35.8. The van der Waals surface area contributed by atoms with Crippen molar-refractivity contribution in [3.63, 3.8) is 0 Å². The van der Waals surface area contributed by atoms with E-state index in [-0.39, 0.29) is 0 Å². The van der Waals surface area contributed by atoms with E-state index in [0.717, 1.165) is 0 Å². The summed E-state index contributed by atoms with van der Waals surface area (Å²) in [6.07, 6.45) is 0. The molecule has 0 aliphatic rings. The minimum Gasteiger partial charge on any atom is -0.215 e. The second kappa shape index (κ2) is 1.83. The molecule has 5 nitrogen and oxygen atoms in total. The van der Waals surface area contributed by atoms with Crippen LogP contribution in [0.15, 0.2) is 0 Å². The van der Waals surface area contributed by atoms with Gasteiger partial charge in [-0.05, 0) is 0 Å². The Bertz CT molecular complexity index is 226. The molecule has 0 aliphatic heterocycles. The van der Waals surface area contributed by atoms with Gasteiger partial charge in [0, 0.05) is 10.7 Å². The van der Waals surface area contributed by atoms with Gasteiger partial charge in [0.15, 0.2) is 0 Å². The Balaban J connectivity index is 5.18. The van der Waals surface area contributed by atoms with Gasteiger partial charge < -0.3 is 0 Å². The molecule has 0 amide bonds. The van der Waals surface area contributed by atoms with Gasteiger partial charge in [0.2, 0.25) is 0 Å². The first kappa shape index (κ1) is 8.15. The number of hydrogen-bond donors (Lipinski definition) is 1. The van der Waals surface area contributed by atoms with E-state index >= 15 is 0 Å². The smallest absolute Gasteiger partial charge is 0.215 e. The summed E-state index contributed by atoms with van der Waals surface area (Å²) < 4.78 is 38.8. The van der Waals surface area contributed by atoms with Crippen LogP contribution in [0.3, 0.4) is 0 Å². The summed E-state index contributed by atoms with van der Waals surface area (Å²) in [7, 11) is -4.95. The first-order chi connectivity index (χ1) is 3.25. The molecule has 0 aromatic carbocycles. The maximum atomic E-state index is 9.71. The molecule has 0 radical (unpaired) electrons. The lowest BCUT2D eigenvalue weighted by atomic mass is 14.0. The molecule has 0 aromatic heterocycles. The van der Waals surface area contributed by atoms with E-state index < -0.39 is 17.1 Å². The zero-order chi connectivity index (χ0) is 7.00. The summed E-state index contributed by atoms with van der Waals surface area (Å²) in [5, 5.41) is 4.06. The zero-order valence-corrected chi connectivity index (χ0v) is 5.79. The summed E-state index contributed by atoms with van der Waals surface area (Å²) in [6.45, 7) is 0. The summed E-state index contributed by atoms with van der Waals surface area (Å²) in [4.78, 5) is 0. The highest BCUT2D eigenvalue weighted by Gasteiger charge is 2.20. The second-order valence-corrected chi connectivity index (χ2v) is 7.14. The fourth-order valence-corrected chi connectivity index (χ4v) is 0. The Labute approximate surface area is 50.3 Å². The van der Waals surface area contributed by atoms with Crippen LogP contribution in [-0.4, -0.2) is 16.8 Å². The normalized spacial score (nSPS) is 13.8. The highest BCUT2D eigenvalue weighted by molar-refractivity contribution is 8.75. The van der Waals surface area contributed by atoms with Crippen molar-refractivity contribution in [3.8, 4) is 0 Å². The third kappa shape index (κ3) is 1.95. The van der Waals surface area contributed by atoms with Gasteiger partial charge in [-0.15, -0.1) is 0 Å². The van der Waals surface area contributed by atoms with E-state index in [9.17, 15) is 16.8 Å². The summed E-state index contributed by atoms with van der Waals surface area (Å²) >= 11 is 0. The zero-order valence-electron chi connectivity index (χ0n) is 3.40. The molecule has 0 aliphatic carbocycles. The lowest BCUT2D eigenvalue weighted by Crippen LogP contribution is -2.18. The summed E-state index contributed by atoms with van der Waals surface area (Å²) in [5.41, 5.74) is 0. The molecule has 2 N–H and O–H groups in total. The summed E-state index contributed by atoms with van der Waals surface area (Å²) in [5.74, 6) is 0. The number of hydrogen-bond acceptors (Lipinski definition) is 4. The molecule has 0 bridgehead atoms. The second-order valence-electron chi connectivity index (χ2n) is 0.886. The van der Waals surface area contributed by atoms with Crippen molar-refractivity contribution in [2.45, 2.75) is 0 Å². The van der Waals surface area contributed by atoms with Crippen molar-refractivity contribution < 1.29 is 16.8 Å². The number of rotatable bonds is 1. The first-order valence-electron chi connectivity index (χ1n) is 1.22. The molecule has 0 spiro atoms. The predicted molar refractivity (Wildman–Crippen MR) is 27.9 cm³/mol. The minimum atomic E-state index is -4.62. The maximum absolute atomic E-state index is 9.71. The van der Waals surface area contributed by atoms with E-state index in [4.69, 9.17) is 0 Å². The average molecular weight is 180 g/mol. The van der Waals surface area contributed by atoms with Crippen LogP contribution >= 0.6 is 10.7 Å². The Morgan fingerprint density at radius 1 is 1.12 bits per heavy atom. The number of halogens is 1. The van der Waals surface area contributed by atoms with E-state index in [0.29, 0.717) is 0 Å². The predicted octanol–water partition coefficient (Wildman–Crippen LogP) is -1.24. The molecule has 8 heteroatoms. The van der Waals surface area contributed by atoms with Crippen LogP contribution in [0.5, 0.6) is 0 Å². The van der Waals surface area contributed by atoms with Crippen molar-refractivity contribution >= 4 is 27.8 Å².